The van der Waals surface area contributed by atoms with Crippen molar-refractivity contribution in [1.29, 1.82) is 0 Å². The number of hydrogen-bond acceptors (Lipinski definition) is 4. The summed E-state index contributed by atoms with van der Waals surface area (Å²) in [7, 11) is 3.98. The summed E-state index contributed by atoms with van der Waals surface area (Å²) in [5, 5.41) is 0.948. The molecule has 0 spiro atoms. The number of likely N-dealkylation sites (N-methyl/N-ethyl adjacent to an activating group) is 1. The van der Waals surface area contributed by atoms with E-state index in [1.165, 1.54) is 0 Å². The van der Waals surface area contributed by atoms with Crippen molar-refractivity contribution in [3.63, 3.8) is 0 Å². The maximum atomic E-state index is 13.2. The van der Waals surface area contributed by atoms with Crippen LogP contribution in [0.1, 0.15) is 27.6 Å². The Balaban J connectivity index is 1.92. The standard InChI is InChI=1S/C20H23BrN2O3/c1-13-5-7-16(25-13)12-23(10-9-22(3)4)20(24)19-14(2)17-11-15(21)6-8-18(17)26-19/h5-8,11H,9-10,12H2,1-4H3. The van der Waals surface area contributed by atoms with Crippen LogP contribution in [0.3, 0.4) is 0 Å². The molecule has 0 fully saturated rings. The van der Waals surface area contributed by atoms with Gasteiger partial charge < -0.3 is 18.6 Å². The molecule has 26 heavy (non-hydrogen) atoms. The van der Waals surface area contributed by atoms with E-state index >= 15 is 0 Å². The van der Waals surface area contributed by atoms with Gasteiger partial charge in [-0.25, -0.2) is 0 Å². The fourth-order valence-electron chi connectivity index (χ4n) is 2.87. The van der Waals surface area contributed by atoms with Crippen molar-refractivity contribution in [3.8, 4) is 0 Å². The molecule has 0 radical (unpaired) electrons. The summed E-state index contributed by atoms with van der Waals surface area (Å²) in [4.78, 5) is 17.0. The van der Waals surface area contributed by atoms with Crippen LogP contribution < -0.4 is 0 Å². The van der Waals surface area contributed by atoms with Crippen molar-refractivity contribution in [2.75, 3.05) is 27.2 Å². The van der Waals surface area contributed by atoms with Crippen LogP contribution in [0.4, 0.5) is 0 Å². The van der Waals surface area contributed by atoms with Gasteiger partial charge in [0.05, 0.1) is 6.54 Å². The lowest BCUT2D eigenvalue weighted by atomic mass is 10.1. The molecule has 0 aliphatic rings. The second-order valence-corrected chi connectivity index (χ2v) is 7.65. The Morgan fingerprint density at radius 1 is 1.08 bits per heavy atom. The van der Waals surface area contributed by atoms with Crippen LogP contribution in [-0.4, -0.2) is 42.9 Å². The second-order valence-electron chi connectivity index (χ2n) is 6.74. The lowest BCUT2D eigenvalue weighted by molar-refractivity contribution is 0.0688. The van der Waals surface area contributed by atoms with Gasteiger partial charge in [0.15, 0.2) is 5.76 Å². The summed E-state index contributed by atoms with van der Waals surface area (Å²) >= 11 is 3.47. The number of hydrogen-bond donors (Lipinski definition) is 0. The van der Waals surface area contributed by atoms with Gasteiger partial charge in [0.2, 0.25) is 0 Å². The number of aryl methyl sites for hydroxylation is 2. The van der Waals surface area contributed by atoms with E-state index in [9.17, 15) is 4.79 Å². The first kappa shape index (κ1) is 18.7. The molecule has 0 saturated carbocycles. The minimum absolute atomic E-state index is 0.120. The van der Waals surface area contributed by atoms with Crippen LogP contribution in [0.25, 0.3) is 11.0 Å². The van der Waals surface area contributed by atoms with Gasteiger partial charge in [0, 0.05) is 28.5 Å². The molecule has 0 atom stereocenters. The Hall–Kier alpha value is -2.05. The summed E-state index contributed by atoms with van der Waals surface area (Å²) in [5.74, 6) is 1.88. The van der Waals surface area contributed by atoms with Gasteiger partial charge in [0.1, 0.15) is 17.1 Å². The van der Waals surface area contributed by atoms with Gasteiger partial charge in [-0.3, -0.25) is 4.79 Å². The summed E-state index contributed by atoms with van der Waals surface area (Å²) < 4.78 is 12.5. The number of halogens is 1. The van der Waals surface area contributed by atoms with Crippen LogP contribution in [0.15, 0.2) is 43.6 Å². The number of furan rings is 2. The number of nitrogens with zero attached hydrogens (tertiary/aromatic N) is 2. The van der Waals surface area contributed by atoms with E-state index < -0.39 is 0 Å². The topological polar surface area (TPSA) is 49.8 Å². The molecule has 0 bridgehead atoms. The number of amides is 1. The summed E-state index contributed by atoms with van der Waals surface area (Å²) in [5.41, 5.74) is 1.58. The molecule has 3 rings (SSSR count). The third kappa shape index (κ3) is 4.02. The molecule has 0 saturated heterocycles. The van der Waals surface area contributed by atoms with E-state index in [1.54, 1.807) is 4.90 Å². The largest absolute Gasteiger partial charge is 0.464 e. The Morgan fingerprint density at radius 3 is 2.50 bits per heavy atom. The zero-order valence-corrected chi connectivity index (χ0v) is 17.1. The molecule has 0 unspecified atom stereocenters. The van der Waals surface area contributed by atoms with Gasteiger partial charge in [-0.05, 0) is 58.3 Å². The summed E-state index contributed by atoms with van der Waals surface area (Å²) in [6.45, 7) is 5.59. The number of fused-ring (bicyclic) bond motifs is 1. The third-order valence-electron chi connectivity index (χ3n) is 4.34. The van der Waals surface area contributed by atoms with Gasteiger partial charge in [-0.2, -0.15) is 0 Å². The highest BCUT2D eigenvalue weighted by molar-refractivity contribution is 9.10. The van der Waals surface area contributed by atoms with Crippen molar-refractivity contribution in [3.05, 3.63) is 57.6 Å². The maximum Gasteiger partial charge on any atom is 0.290 e. The Bertz CT molecular complexity index is 926. The molecule has 5 nitrogen and oxygen atoms in total. The van der Waals surface area contributed by atoms with Crippen LogP contribution in [0.2, 0.25) is 0 Å². The van der Waals surface area contributed by atoms with Crippen molar-refractivity contribution >= 4 is 32.8 Å². The SMILES string of the molecule is Cc1ccc(CN(CCN(C)C)C(=O)c2oc3ccc(Br)cc3c2C)o1. The Morgan fingerprint density at radius 2 is 1.85 bits per heavy atom. The van der Waals surface area contributed by atoms with Gasteiger partial charge in [0.25, 0.3) is 5.91 Å². The van der Waals surface area contributed by atoms with E-state index in [0.29, 0.717) is 18.8 Å². The predicted molar refractivity (Wildman–Crippen MR) is 105 cm³/mol. The fourth-order valence-corrected chi connectivity index (χ4v) is 3.23. The number of carbonyl (C=O) groups is 1. The quantitative estimate of drug-likeness (QED) is 0.586. The lowest BCUT2D eigenvalue weighted by Gasteiger charge is -2.23. The maximum absolute atomic E-state index is 13.2. The van der Waals surface area contributed by atoms with Crippen molar-refractivity contribution in [2.45, 2.75) is 20.4 Å². The predicted octanol–water partition coefficient (Wildman–Crippen LogP) is 4.61. The van der Waals surface area contributed by atoms with Crippen LogP contribution in [0.5, 0.6) is 0 Å². The van der Waals surface area contributed by atoms with Gasteiger partial charge in [-0.1, -0.05) is 15.9 Å². The molecular weight excluding hydrogens is 396 g/mol. The average molecular weight is 419 g/mol. The van der Waals surface area contributed by atoms with Gasteiger partial charge in [-0.15, -0.1) is 0 Å². The molecule has 6 heteroatoms. The first-order valence-corrected chi connectivity index (χ1v) is 9.32. The molecule has 2 heterocycles. The molecule has 1 aromatic carbocycles. The van der Waals surface area contributed by atoms with Gasteiger partial charge >= 0.3 is 0 Å². The first-order chi connectivity index (χ1) is 12.3. The zero-order valence-electron chi connectivity index (χ0n) is 15.5. The molecule has 2 aromatic heterocycles. The highest BCUT2D eigenvalue weighted by atomic mass is 79.9. The Kier molecular flexibility index (Phi) is 5.53. The second kappa shape index (κ2) is 7.68. The zero-order chi connectivity index (χ0) is 18.8. The number of benzene rings is 1. The van der Waals surface area contributed by atoms with E-state index in [1.807, 2.05) is 58.3 Å². The molecule has 0 aliphatic heterocycles. The monoisotopic (exact) mass is 418 g/mol. The summed E-state index contributed by atoms with van der Waals surface area (Å²) in [6, 6.07) is 9.59. The number of rotatable bonds is 6. The average Bonchev–Trinajstić information content (AvgIpc) is 3.14. The molecule has 1 amide bonds. The van der Waals surface area contributed by atoms with E-state index in [2.05, 4.69) is 20.8 Å². The fraction of sp³-hybridized carbons (Fsp3) is 0.350. The molecule has 3 aromatic rings. The van der Waals surface area contributed by atoms with E-state index in [4.69, 9.17) is 8.83 Å². The van der Waals surface area contributed by atoms with Crippen molar-refractivity contribution < 1.29 is 13.6 Å². The van der Waals surface area contributed by atoms with E-state index in [-0.39, 0.29) is 5.91 Å². The molecule has 0 N–H and O–H groups in total. The van der Waals surface area contributed by atoms with Crippen LogP contribution in [0, 0.1) is 13.8 Å². The smallest absolute Gasteiger partial charge is 0.290 e. The third-order valence-corrected chi connectivity index (χ3v) is 4.83. The van der Waals surface area contributed by atoms with Crippen molar-refractivity contribution in [1.82, 2.24) is 9.80 Å². The van der Waals surface area contributed by atoms with E-state index in [0.717, 1.165) is 39.1 Å². The highest BCUT2D eigenvalue weighted by Crippen LogP contribution is 2.29. The van der Waals surface area contributed by atoms with Crippen molar-refractivity contribution in [2.24, 2.45) is 0 Å². The minimum atomic E-state index is -0.120. The summed E-state index contributed by atoms with van der Waals surface area (Å²) in [6.07, 6.45) is 0. The molecular formula is C20H23BrN2O3. The van der Waals surface area contributed by atoms with Crippen LogP contribution in [-0.2, 0) is 6.54 Å². The minimum Gasteiger partial charge on any atom is -0.464 e. The normalized spacial score (nSPS) is 11.5. The lowest BCUT2D eigenvalue weighted by Crippen LogP contribution is -2.36. The molecule has 0 aliphatic carbocycles. The first-order valence-electron chi connectivity index (χ1n) is 8.53. The Labute approximate surface area is 161 Å². The van der Waals surface area contributed by atoms with Crippen LogP contribution >= 0.6 is 15.9 Å². The highest BCUT2D eigenvalue weighted by Gasteiger charge is 2.24. The molecule has 138 valence electrons. The number of carbonyl (C=O) groups excluding carboxylic acids is 1.